The van der Waals surface area contributed by atoms with E-state index in [-0.39, 0.29) is 35.3 Å². The van der Waals surface area contributed by atoms with Gasteiger partial charge in [-0.15, -0.1) is 0 Å². The zero-order chi connectivity index (χ0) is 23.8. The lowest BCUT2D eigenvalue weighted by molar-refractivity contribution is -0.145. The van der Waals surface area contributed by atoms with Gasteiger partial charge < -0.3 is 15.5 Å². The molecule has 0 bridgehead atoms. The van der Waals surface area contributed by atoms with Gasteiger partial charge >= 0.3 is 0 Å². The number of hydrogen-bond acceptors (Lipinski definition) is 6. The summed E-state index contributed by atoms with van der Waals surface area (Å²) in [7, 11) is 0. The molecule has 8 nitrogen and oxygen atoms in total. The summed E-state index contributed by atoms with van der Waals surface area (Å²) in [5, 5.41) is 26.1. The number of benzene rings is 2. The van der Waals surface area contributed by atoms with Crippen LogP contribution in [0, 0.1) is 18.8 Å². The van der Waals surface area contributed by atoms with Crippen LogP contribution in [0.1, 0.15) is 42.4 Å². The summed E-state index contributed by atoms with van der Waals surface area (Å²) in [4.78, 5) is 42.7. The van der Waals surface area contributed by atoms with E-state index in [2.05, 4.69) is 10.6 Å². The van der Waals surface area contributed by atoms with Gasteiger partial charge in [0.1, 0.15) is 5.54 Å². The molecule has 0 radical (unpaired) electrons. The van der Waals surface area contributed by atoms with Crippen LogP contribution in [0.4, 0.5) is 5.69 Å². The Labute approximate surface area is 197 Å². The minimum atomic E-state index is -1.32. The predicted molar refractivity (Wildman–Crippen MR) is 123 cm³/mol. The van der Waals surface area contributed by atoms with Crippen molar-refractivity contribution in [3.63, 3.8) is 0 Å². The van der Waals surface area contributed by atoms with Crippen LogP contribution in [0.3, 0.4) is 0 Å². The minimum absolute atomic E-state index is 0.109. The topological polar surface area (TPSA) is 119 Å². The standard InChI is InChI=1S/C26H27N3O5/c1-13-6-8-17-16(10-13)26(25(34)27-17)22-21(23(32)29(24(22)33)15-4-2-3-5-15)18(28-26)11-14-7-9-19(30)20(31)12-14/h6-10,12,15,18,21-22,28,30-31H,2-5,11H2,1H3,(H,27,34)/t18-,21-,22+,26-/m1/s1. The molecule has 0 unspecified atom stereocenters. The summed E-state index contributed by atoms with van der Waals surface area (Å²) in [5.74, 6) is -2.79. The number of fused-ring (bicyclic) bond motifs is 4. The Morgan fingerprint density at radius 2 is 1.76 bits per heavy atom. The van der Waals surface area contributed by atoms with Gasteiger partial charge in [0.25, 0.3) is 0 Å². The highest BCUT2D eigenvalue weighted by Crippen LogP contribution is 2.54. The molecule has 6 rings (SSSR count). The summed E-state index contributed by atoms with van der Waals surface area (Å²) < 4.78 is 0. The van der Waals surface area contributed by atoms with Crippen molar-refractivity contribution in [2.45, 2.75) is 56.7 Å². The van der Waals surface area contributed by atoms with Gasteiger partial charge in [0.15, 0.2) is 11.5 Å². The van der Waals surface area contributed by atoms with Gasteiger partial charge in [0, 0.05) is 23.3 Å². The van der Waals surface area contributed by atoms with E-state index < -0.39 is 23.4 Å². The van der Waals surface area contributed by atoms with Gasteiger partial charge in [0.2, 0.25) is 17.7 Å². The van der Waals surface area contributed by atoms with Crippen molar-refractivity contribution in [3.05, 3.63) is 53.1 Å². The number of aromatic hydroxyl groups is 2. The molecule has 2 aromatic carbocycles. The van der Waals surface area contributed by atoms with Crippen LogP contribution in [-0.2, 0) is 26.3 Å². The molecule has 2 aromatic rings. The maximum atomic E-state index is 13.9. The molecule has 2 saturated heterocycles. The molecule has 4 atom stereocenters. The molecular weight excluding hydrogens is 434 g/mol. The third-order valence-electron chi connectivity index (χ3n) is 8.09. The lowest BCUT2D eigenvalue weighted by atomic mass is 9.76. The molecule has 3 aliphatic heterocycles. The molecule has 4 aliphatic rings. The number of imide groups is 1. The van der Waals surface area contributed by atoms with E-state index in [0.29, 0.717) is 23.2 Å². The Morgan fingerprint density at radius 3 is 2.50 bits per heavy atom. The Kier molecular flexibility index (Phi) is 4.55. The Hall–Kier alpha value is -3.39. The fourth-order valence-corrected chi connectivity index (χ4v) is 6.59. The van der Waals surface area contributed by atoms with Crippen LogP contribution in [-0.4, -0.2) is 44.9 Å². The summed E-state index contributed by atoms with van der Waals surface area (Å²) >= 11 is 0. The highest BCUT2D eigenvalue weighted by atomic mass is 16.3. The number of phenolic OH excluding ortho intramolecular Hbond substituents is 2. The van der Waals surface area contributed by atoms with Crippen molar-refractivity contribution in [1.82, 2.24) is 10.2 Å². The van der Waals surface area contributed by atoms with Crippen molar-refractivity contribution in [2.75, 3.05) is 5.32 Å². The largest absolute Gasteiger partial charge is 0.504 e. The number of carbonyl (C=O) groups excluding carboxylic acids is 3. The average Bonchev–Trinajstić information content (AvgIpc) is 3.54. The zero-order valence-electron chi connectivity index (χ0n) is 18.9. The van der Waals surface area contributed by atoms with Gasteiger partial charge in [-0.1, -0.05) is 36.6 Å². The SMILES string of the molecule is Cc1ccc2c(c1)[C@]1(N[C@H](Cc3ccc(O)c(O)c3)[C@H]3C(=O)N(C4CCCC4)C(=O)[C@H]31)C(=O)N2. The Bertz CT molecular complexity index is 1240. The van der Waals surface area contributed by atoms with Gasteiger partial charge in [-0.3, -0.25) is 24.6 Å². The number of aryl methyl sites for hydroxylation is 1. The van der Waals surface area contributed by atoms with Crippen LogP contribution in [0.2, 0.25) is 0 Å². The first-order valence-corrected chi connectivity index (χ1v) is 11.9. The van der Waals surface area contributed by atoms with E-state index in [9.17, 15) is 24.6 Å². The second kappa shape index (κ2) is 7.30. The molecule has 1 aliphatic carbocycles. The van der Waals surface area contributed by atoms with Crippen LogP contribution in [0.25, 0.3) is 0 Å². The quantitative estimate of drug-likeness (QED) is 0.412. The second-order valence-corrected chi connectivity index (χ2v) is 10.1. The molecule has 1 spiro atoms. The average molecular weight is 462 g/mol. The molecule has 8 heteroatoms. The summed E-state index contributed by atoms with van der Waals surface area (Å²) in [6.07, 6.45) is 3.90. The molecule has 176 valence electrons. The highest BCUT2D eigenvalue weighted by molar-refractivity contribution is 6.15. The smallest absolute Gasteiger partial charge is 0.250 e. The first kappa shape index (κ1) is 21.2. The molecule has 3 amide bonds. The van der Waals surface area contributed by atoms with Crippen molar-refractivity contribution in [3.8, 4) is 11.5 Å². The van der Waals surface area contributed by atoms with E-state index in [0.717, 1.165) is 31.2 Å². The predicted octanol–water partition coefficient (Wildman–Crippen LogP) is 2.31. The van der Waals surface area contributed by atoms with E-state index in [1.54, 1.807) is 6.07 Å². The zero-order valence-corrected chi connectivity index (χ0v) is 18.9. The van der Waals surface area contributed by atoms with Crippen molar-refractivity contribution in [1.29, 1.82) is 0 Å². The Morgan fingerprint density at radius 1 is 1.00 bits per heavy atom. The van der Waals surface area contributed by atoms with E-state index in [4.69, 9.17) is 0 Å². The van der Waals surface area contributed by atoms with E-state index in [1.165, 1.54) is 17.0 Å². The number of phenols is 2. The number of hydrogen-bond donors (Lipinski definition) is 4. The molecule has 34 heavy (non-hydrogen) atoms. The third kappa shape index (κ3) is 2.78. The summed E-state index contributed by atoms with van der Waals surface area (Å²) in [6, 6.07) is 9.61. The highest BCUT2D eigenvalue weighted by Gasteiger charge is 2.70. The van der Waals surface area contributed by atoms with Crippen molar-refractivity contribution >= 4 is 23.4 Å². The van der Waals surface area contributed by atoms with Crippen LogP contribution >= 0.6 is 0 Å². The number of nitrogens with zero attached hydrogens (tertiary/aromatic N) is 1. The Balaban J connectivity index is 1.47. The molecule has 1 saturated carbocycles. The molecule has 3 fully saturated rings. The molecule has 4 N–H and O–H groups in total. The maximum Gasteiger partial charge on any atom is 0.250 e. The van der Waals surface area contributed by atoms with Crippen molar-refractivity contribution < 1.29 is 24.6 Å². The molecule has 0 aromatic heterocycles. The fraction of sp³-hybridized carbons (Fsp3) is 0.423. The number of amides is 3. The molecule has 3 heterocycles. The van der Waals surface area contributed by atoms with Crippen LogP contribution < -0.4 is 10.6 Å². The lowest BCUT2D eigenvalue weighted by Crippen LogP contribution is -2.54. The van der Waals surface area contributed by atoms with Gasteiger partial charge in [-0.05, 0) is 49.9 Å². The number of nitrogens with one attached hydrogen (secondary N) is 2. The molecular formula is C26H27N3O5. The lowest BCUT2D eigenvalue weighted by Gasteiger charge is -2.31. The minimum Gasteiger partial charge on any atom is -0.504 e. The number of likely N-dealkylation sites (tertiary alicyclic amines) is 1. The van der Waals surface area contributed by atoms with Crippen LogP contribution in [0.5, 0.6) is 11.5 Å². The van der Waals surface area contributed by atoms with E-state index in [1.807, 2.05) is 25.1 Å². The number of anilines is 1. The number of rotatable bonds is 3. The first-order valence-electron chi connectivity index (χ1n) is 11.9. The monoisotopic (exact) mass is 461 g/mol. The summed E-state index contributed by atoms with van der Waals surface area (Å²) in [5.41, 5.74) is 1.70. The van der Waals surface area contributed by atoms with Crippen molar-refractivity contribution in [2.24, 2.45) is 11.8 Å². The normalized spacial score (nSPS) is 30.3. The summed E-state index contributed by atoms with van der Waals surface area (Å²) in [6.45, 7) is 1.94. The second-order valence-electron chi connectivity index (χ2n) is 10.1. The van der Waals surface area contributed by atoms with Crippen LogP contribution in [0.15, 0.2) is 36.4 Å². The van der Waals surface area contributed by atoms with Gasteiger partial charge in [-0.25, -0.2) is 0 Å². The fourth-order valence-electron chi connectivity index (χ4n) is 6.59. The van der Waals surface area contributed by atoms with Gasteiger partial charge in [0.05, 0.1) is 11.8 Å². The first-order chi connectivity index (χ1) is 16.3. The maximum absolute atomic E-state index is 13.9. The van der Waals surface area contributed by atoms with Gasteiger partial charge in [-0.2, -0.15) is 0 Å². The third-order valence-corrected chi connectivity index (χ3v) is 8.09. The van der Waals surface area contributed by atoms with E-state index >= 15 is 0 Å². The number of carbonyl (C=O) groups is 3.